The van der Waals surface area contributed by atoms with Gasteiger partial charge in [0, 0.05) is 31.1 Å². The van der Waals surface area contributed by atoms with Gasteiger partial charge in [-0.15, -0.1) is 0 Å². The molecule has 0 fully saturated rings. The lowest BCUT2D eigenvalue weighted by Crippen LogP contribution is -2.23. The van der Waals surface area contributed by atoms with Gasteiger partial charge in [0.1, 0.15) is 0 Å². The van der Waals surface area contributed by atoms with E-state index in [1.807, 2.05) is 10.8 Å². The van der Waals surface area contributed by atoms with Crippen LogP contribution in [0.4, 0.5) is 0 Å². The van der Waals surface area contributed by atoms with E-state index in [2.05, 4.69) is 62.5 Å². The Balaban J connectivity index is 3.85. The van der Waals surface area contributed by atoms with Crippen LogP contribution in [-0.2, 0) is 9.47 Å². The summed E-state index contributed by atoms with van der Waals surface area (Å²) in [5.74, 6) is 2.07. The Bertz CT molecular complexity index is 754. The molecule has 0 aromatic rings. The number of hydrogen-bond acceptors (Lipinski definition) is 5. The van der Waals surface area contributed by atoms with E-state index in [1.165, 1.54) is 122 Å². The predicted molar refractivity (Wildman–Crippen MR) is 216 cm³/mol. The molecule has 47 heavy (non-hydrogen) atoms. The zero-order chi connectivity index (χ0) is 34.1. The van der Waals surface area contributed by atoms with E-state index >= 15 is 0 Å². The Kier molecular flexibility index (Phi) is 40.4. The second-order valence-electron chi connectivity index (χ2n) is 12.8. The minimum absolute atomic E-state index is 0.141. The number of nitrogens with two attached hydrogens (primary N) is 1. The van der Waals surface area contributed by atoms with Gasteiger partial charge < -0.3 is 15.2 Å². The summed E-state index contributed by atoms with van der Waals surface area (Å²) in [5.41, 5.74) is 5.50. The molecule has 274 valence electrons. The third-order valence-electron chi connectivity index (χ3n) is 8.03. The summed E-state index contributed by atoms with van der Waals surface area (Å²) < 4.78 is 12.3. The van der Waals surface area contributed by atoms with E-state index in [0.717, 1.165) is 50.4 Å². The van der Waals surface area contributed by atoms with Gasteiger partial charge in [-0.3, -0.25) is 5.41 Å². The predicted octanol–water partition coefficient (Wildman–Crippen LogP) is 13.3. The molecule has 0 saturated heterocycles. The van der Waals surface area contributed by atoms with E-state index in [4.69, 9.17) is 20.6 Å². The number of nitrogens with one attached hydrogen (secondary N) is 1. The van der Waals surface area contributed by atoms with Crippen molar-refractivity contribution in [2.45, 2.75) is 174 Å². The molecule has 0 rings (SSSR count). The van der Waals surface area contributed by atoms with Crippen LogP contribution in [0.3, 0.4) is 0 Å². The molecule has 0 amide bonds. The number of rotatable bonds is 38. The second-order valence-corrected chi connectivity index (χ2v) is 15.4. The van der Waals surface area contributed by atoms with Gasteiger partial charge in [0.05, 0.1) is 18.5 Å². The topological polar surface area (TPSA) is 68.3 Å². The lowest BCUT2D eigenvalue weighted by atomic mass is 10.1. The van der Waals surface area contributed by atoms with Crippen LogP contribution in [0.15, 0.2) is 48.6 Å². The van der Waals surface area contributed by atoms with Gasteiger partial charge in [0.2, 0.25) is 0 Å². The van der Waals surface area contributed by atoms with Gasteiger partial charge in [-0.1, -0.05) is 161 Å². The lowest BCUT2D eigenvalue weighted by Gasteiger charge is -2.18. The average Bonchev–Trinajstić information content (AvgIpc) is 3.06. The van der Waals surface area contributed by atoms with Crippen LogP contribution in [0.25, 0.3) is 0 Å². The van der Waals surface area contributed by atoms with E-state index < -0.39 is 0 Å². The van der Waals surface area contributed by atoms with E-state index in [-0.39, 0.29) is 11.9 Å². The third-order valence-corrected chi connectivity index (χ3v) is 10.5. The Labute approximate surface area is 300 Å². The third kappa shape index (κ3) is 41.1. The lowest BCUT2D eigenvalue weighted by molar-refractivity contribution is -0.00609. The average molecular weight is 693 g/mol. The van der Waals surface area contributed by atoms with Crippen molar-refractivity contribution in [3.05, 3.63) is 48.6 Å². The zero-order valence-corrected chi connectivity index (χ0v) is 32.5. The molecule has 0 aliphatic rings. The zero-order valence-electron chi connectivity index (χ0n) is 30.9. The van der Waals surface area contributed by atoms with Crippen molar-refractivity contribution in [3.8, 4) is 0 Å². The molecule has 0 radical (unpaired) electrons. The highest BCUT2D eigenvalue weighted by atomic mass is 33.1. The normalized spacial score (nSPS) is 12.9. The molecule has 6 heteroatoms. The smallest absolute Gasteiger partial charge is 0.0913 e. The minimum atomic E-state index is 0.141. The molecule has 0 aromatic carbocycles. The molecule has 3 N–H and O–H groups in total. The van der Waals surface area contributed by atoms with Gasteiger partial charge in [0.25, 0.3) is 0 Å². The summed E-state index contributed by atoms with van der Waals surface area (Å²) in [6.45, 7) is 6.85. The van der Waals surface area contributed by atoms with Crippen molar-refractivity contribution < 1.29 is 9.47 Å². The summed E-state index contributed by atoms with van der Waals surface area (Å²) in [6.07, 6.45) is 48.4. The van der Waals surface area contributed by atoms with Crippen molar-refractivity contribution >= 4 is 27.4 Å². The first kappa shape index (κ1) is 46.0. The first-order valence-electron chi connectivity index (χ1n) is 19.6. The van der Waals surface area contributed by atoms with Gasteiger partial charge >= 0.3 is 0 Å². The van der Waals surface area contributed by atoms with Gasteiger partial charge in [0.15, 0.2) is 0 Å². The van der Waals surface area contributed by atoms with Crippen LogP contribution >= 0.6 is 21.6 Å². The highest BCUT2D eigenvalue weighted by molar-refractivity contribution is 8.76. The number of hydrogen-bond donors (Lipinski definition) is 2. The fraction of sp³-hybridized carbons (Fsp3) is 0.780. The molecule has 0 saturated carbocycles. The van der Waals surface area contributed by atoms with Crippen molar-refractivity contribution in [1.29, 1.82) is 5.41 Å². The summed E-state index contributed by atoms with van der Waals surface area (Å²) in [6, 6.07) is 0. The van der Waals surface area contributed by atoms with Crippen molar-refractivity contribution in [2.24, 2.45) is 5.73 Å². The molecule has 0 spiro atoms. The molecule has 0 aromatic heterocycles. The van der Waals surface area contributed by atoms with Crippen LogP contribution in [0.2, 0.25) is 0 Å². The Morgan fingerprint density at radius 3 is 1.57 bits per heavy atom. The first-order chi connectivity index (χ1) is 23.2. The molecule has 0 aliphatic heterocycles. The molecule has 0 bridgehead atoms. The first-order valence-corrected chi connectivity index (χ1v) is 22.1. The number of amidine groups is 1. The highest BCUT2D eigenvalue weighted by Crippen LogP contribution is 2.24. The fourth-order valence-corrected chi connectivity index (χ4v) is 7.25. The van der Waals surface area contributed by atoms with E-state index in [1.54, 1.807) is 10.8 Å². The molecular formula is C41H76N2O2S2. The van der Waals surface area contributed by atoms with Crippen molar-refractivity contribution in [3.63, 3.8) is 0 Å². The van der Waals surface area contributed by atoms with Gasteiger partial charge in [-0.05, 0) is 70.6 Å². The van der Waals surface area contributed by atoms with Crippen LogP contribution < -0.4 is 5.73 Å². The second kappa shape index (κ2) is 41.2. The minimum Gasteiger partial charge on any atom is -0.388 e. The van der Waals surface area contributed by atoms with Crippen molar-refractivity contribution in [1.82, 2.24) is 0 Å². The maximum absolute atomic E-state index is 7.41. The van der Waals surface area contributed by atoms with E-state index in [0.29, 0.717) is 13.0 Å². The van der Waals surface area contributed by atoms with Crippen LogP contribution in [-0.4, -0.2) is 43.3 Å². The quantitative estimate of drug-likeness (QED) is 0.0222. The molecule has 0 aliphatic carbocycles. The monoisotopic (exact) mass is 693 g/mol. The Morgan fingerprint density at radius 2 is 1.04 bits per heavy atom. The number of unbranched alkanes of at least 4 members (excludes halogenated alkanes) is 17. The maximum Gasteiger partial charge on any atom is 0.0913 e. The molecule has 4 nitrogen and oxygen atoms in total. The molecule has 1 atom stereocenters. The summed E-state index contributed by atoms with van der Waals surface area (Å²) >= 11 is 0. The Morgan fingerprint density at radius 1 is 0.574 bits per heavy atom. The standard InChI is InChI=1S/C41H76N2O2S2/c1-3-5-7-9-11-13-15-17-19-21-22-24-26-28-30-32-35-44-38-40(39-47-46-37-34-41(42)43)45-36-33-31-29-27-25-23-20-18-16-14-12-10-8-6-4-2/h10-13,16-19,40H,3-9,14-15,20-39H2,1-2H3,(H3,42,43)/b12-10-,13-11-,18-16-,19-17-. The highest BCUT2D eigenvalue weighted by Gasteiger charge is 2.10. The van der Waals surface area contributed by atoms with Crippen LogP contribution in [0, 0.1) is 5.41 Å². The molecular weight excluding hydrogens is 617 g/mol. The Hall–Kier alpha value is -0.950. The van der Waals surface area contributed by atoms with E-state index in [9.17, 15) is 0 Å². The van der Waals surface area contributed by atoms with Crippen LogP contribution in [0.5, 0.6) is 0 Å². The molecule has 0 heterocycles. The number of allylic oxidation sites excluding steroid dienone is 8. The SMILES string of the molecule is CCCC/C=C\C/C=C\CCCCCCCCOC(COCCCCCCCC/C=C\C/C=C\CCCCC)CSSCCC(=N)N. The summed E-state index contributed by atoms with van der Waals surface area (Å²) in [4.78, 5) is 0. The summed E-state index contributed by atoms with van der Waals surface area (Å²) in [7, 11) is 3.61. The van der Waals surface area contributed by atoms with Gasteiger partial charge in [-0.2, -0.15) is 0 Å². The van der Waals surface area contributed by atoms with Crippen LogP contribution in [0.1, 0.15) is 168 Å². The number of ether oxygens (including phenoxy) is 2. The molecule has 1 unspecified atom stereocenters. The maximum atomic E-state index is 7.41. The fourth-order valence-electron chi connectivity index (χ4n) is 5.04. The largest absolute Gasteiger partial charge is 0.388 e. The summed E-state index contributed by atoms with van der Waals surface area (Å²) in [5, 5.41) is 7.41. The van der Waals surface area contributed by atoms with Crippen molar-refractivity contribution in [2.75, 3.05) is 31.3 Å². The van der Waals surface area contributed by atoms with Gasteiger partial charge in [-0.25, -0.2) is 0 Å².